The van der Waals surface area contributed by atoms with Crippen LogP contribution in [0.5, 0.6) is 0 Å². The van der Waals surface area contributed by atoms with Crippen molar-refractivity contribution in [3.63, 3.8) is 0 Å². The molecular weight excluding hydrogens is 801 g/mol. The zero-order chi connectivity index (χ0) is 33.7. The van der Waals surface area contributed by atoms with E-state index in [0.29, 0.717) is 0 Å². The molecule has 40 heavy (non-hydrogen) atoms. The molecular formula is C10H15F12NO12S4Sn. The molecule has 0 aliphatic carbocycles. The molecule has 0 rings (SSSR count). The van der Waals surface area contributed by atoms with Gasteiger partial charge in [0.15, 0.2) is 40.5 Å². The van der Waals surface area contributed by atoms with Crippen molar-refractivity contribution in [2.24, 2.45) is 0 Å². The first-order valence-electron chi connectivity index (χ1n) is 8.15. The minimum Gasteiger partial charge on any atom is -0.741 e. The predicted octanol–water partition coefficient (Wildman–Crippen LogP) is 1.17. The fourth-order valence-corrected chi connectivity index (χ4v) is 0.671. The number of hydrogen-bond donors (Lipinski definition) is 0. The van der Waals surface area contributed by atoms with Crippen LogP contribution in [-0.4, -0.2) is 122 Å². The van der Waals surface area contributed by atoms with Crippen LogP contribution in [0.2, 0.25) is 0 Å². The van der Waals surface area contributed by atoms with Crippen LogP contribution in [-0.2, 0) is 40.5 Å². The fraction of sp³-hybridized carbons (Fsp3) is 1.00. The van der Waals surface area contributed by atoms with E-state index in [1.54, 1.807) is 0 Å². The van der Waals surface area contributed by atoms with Crippen LogP contribution < -0.4 is 0 Å². The normalized spacial score (nSPS) is 13.0. The molecule has 0 N–H and O–H groups in total. The minimum atomic E-state index is -6.09. The first kappa shape index (κ1) is 52.2. The molecule has 0 saturated heterocycles. The zero-order valence-electron chi connectivity index (χ0n) is 19.1. The van der Waals surface area contributed by atoms with Gasteiger partial charge in [-0.15, -0.1) is 0 Å². The van der Waals surface area contributed by atoms with Crippen LogP contribution in [0.1, 0.15) is 20.8 Å². The Morgan fingerprint density at radius 3 is 0.500 bits per heavy atom. The summed E-state index contributed by atoms with van der Waals surface area (Å²) in [5.74, 6) is 0. The first-order chi connectivity index (χ1) is 16.3. The fourth-order valence-electron chi connectivity index (χ4n) is 0.671. The van der Waals surface area contributed by atoms with Gasteiger partial charge in [-0.2, -0.15) is 52.7 Å². The molecule has 0 spiro atoms. The van der Waals surface area contributed by atoms with E-state index in [1.165, 1.54) is 19.6 Å². The third-order valence-corrected chi connectivity index (χ3v) is 4.74. The number of nitrogens with zero attached hydrogens (tertiary/aromatic N) is 1. The van der Waals surface area contributed by atoms with Crippen molar-refractivity contribution in [1.82, 2.24) is 4.90 Å². The van der Waals surface area contributed by atoms with Gasteiger partial charge in [0.1, 0.15) is 0 Å². The second-order valence-electron chi connectivity index (χ2n) is 5.22. The molecule has 0 radical (unpaired) electrons. The van der Waals surface area contributed by atoms with Crippen LogP contribution in [0.3, 0.4) is 0 Å². The maximum Gasteiger partial charge on any atom is 4.00 e. The molecule has 0 bridgehead atoms. The van der Waals surface area contributed by atoms with Crippen LogP contribution >= 0.6 is 0 Å². The Labute approximate surface area is 235 Å². The van der Waals surface area contributed by atoms with Crippen molar-refractivity contribution in [1.29, 1.82) is 0 Å². The van der Waals surface area contributed by atoms with Crippen LogP contribution in [0.25, 0.3) is 0 Å². The maximum atomic E-state index is 10.7. The van der Waals surface area contributed by atoms with Gasteiger partial charge in [0.25, 0.3) is 0 Å². The first-order valence-corrected chi connectivity index (χ1v) is 13.8. The van der Waals surface area contributed by atoms with Crippen molar-refractivity contribution >= 4 is 64.4 Å². The van der Waals surface area contributed by atoms with Gasteiger partial charge in [0.2, 0.25) is 0 Å². The molecule has 0 amide bonds. The Hall–Kier alpha value is -0.441. The molecule has 0 heterocycles. The summed E-state index contributed by atoms with van der Waals surface area (Å²) in [6.45, 7) is 10.1. The second kappa shape index (κ2) is 19.0. The summed E-state index contributed by atoms with van der Waals surface area (Å²) in [6, 6.07) is 0. The van der Waals surface area contributed by atoms with E-state index in [-0.39, 0.29) is 23.9 Å². The third-order valence-electron chi connectivity index (χ3n) is 2.48. The summed E-state index contributed by atoms with van der Waals surface area (Å²) in [4.78, 5) is 2.38. The number of hydrogen-bond acceptors (Lipinski definition) is 13. The molecule has 0 fully saturated rings. The second-order valence-corrected chi connectivity index (χ2v) is 10.7. The van der Waals surface area contributed by atoms with Gasteiger partial charge >= 0.3 is 45.9 Å². The van der Waals surface area contributed by atoms with Gasteiger partial charge in [-0.25, -0.2) is 33.7 Å². The molecule has 0 aliphatic heterocycles. The van der Waals surface area contributed by atoms with Gasteiger partial charge in [0.05, 0.1) is 0 Å². The summed E-state index contributed by atoms with van der Waals surface area (Å²) in [5.41, 5.74) is -22.6. The van der Waals surface area contributed by atoms with E-state index < -0.39 is 62.5 Å². The van der Waals surface area contributed by atoms with Crippen LogP contribution in [0.4, 0.5) is 52.7 Å². The Morgan fingerprint density at radius 2 is 0.500 bits per heavy atom. The summed E-state index contributed by atoms with van der Waals surface area (Å²) in [6.07, 6.45) is 0. The summed E-state index contributed by atoms with van der Waals surface area (Å²) < 4.78 is 236. The average molecular weight is 816 g/mol. The van der Waals surface area contributed by atoms with Gasteiger partial charge in [-0.3, -0.25) is 0 Å². The third kappa shape index (κ3) is 29.1. The molecule has 0 aromatic heterocycles. The molecule has 30 heteroatoms. The van der Waals surface area contributed by atoms with E-state index in [2.05, 4.69) is 25.7 Å². The maximum absolute atomic E-state index is 10.7. The van der Waals surface area contributed by atoms with E-state index in [0.717, 1.165) is 0 Å². The molecule has 244 valence electrons. The Bertz CT molecular complexity index is 935. The van der Waals surface area contributed by atoms with Crippen molar-refractivity contribution in [3.8, 4) is 0 Å². The summed E-state index contributed by atoms with van der Waals surface area (Å²) in [5, 5.41) is 0. The van der Waals surface area contributed by atoms with Gasteiger partial charge in [-0.05, 0) is 19.6 Å². The topological polar surface area (TPSA) is 232 Å². The standard InChI is InChI=1S/C6H15N.4CHF3O3S.Sn/c1-4-7(5-2)6-3;4*2-1(3,4)8(5,6)7;/h4-6H2,1-3H3;4*(H,5,6,7);/q;;;;;+4/p-4. The quantitative estimate of drug-likeness (QED) is 0.169. The van der Waals surface area contributed by atoms with Crippen LogP contribution in [0, 0.1) is 0 Å². The monoisotopic (exact) mass is 817 g/mol. The SMILES string of the molecule is CCN(CC)CC.O=S(=O)([O-])C(F)(F)F.O=S(=O)([O-])C(F)(F)F.O=S(=O)([O-])C(F)(F)F.O=S(=O)([O-])C(F)(F)F.[Sn+4]. The molecule has 0 atom stereocenters. The Kier molecular flexibility index (Phi) is 24.8. The summed E-state index contributed by atoms with van der Waals surface area (Å²) in [7, 11) is -24.4. The largest absolute Gasteiger partial charge is 4.00 e. The van der Waals surface area contributed by atoms with Crippen molar-refractivity contribution in [3.05, 3.63) is 0 Å². The van der Waals surface area contributed by atoms with Crippen molar-refractivity contribution in [2.45, 2.75) is 42.8 Å². The smallest absolute Gasteiger partial charge is 0.741 e. The molecule has 0 unspecified atom stereocenters. The summed E-state index contributed by atoms with van der Waals surface area (Å²) >= 11 is 0. The van der Waals surface area contributed by atoms with E-state index in [4.69, 9.17) is 51.9 Å². The molecule has 13 nitrogen and oxygen atoms in total. The van der Waals surface area contributed by atoms with Gasteiger partial charge < -0.3 is 23.1 Å². The van der Waals surface area contributed by atoms with Gasteiger partial charge in [0, 0.05) is 0 Å². The Morgan fingerprint density at radius 1 is 0.425 bits per heavy atom. The van der Waals surface area contributed by atoms with E-state index in [1.807, 2.05) is 0 Å². The van der Waals surface area contributed by atoms with Crippen LogP contribution in [0.15, 0.2) is 0 Å². The van der Waals surface area contributed by atoms with Crippen molar-refractivity contribution < 1.29 is 105 Å². The zero-order valence-corrected chi connectivity index (χ0v) is 25.3. The van der Waals surface area contributed by atoms with E-state index >= 15 is 0 Å². The number of rotatable bonds is 3. The van der Waals surface area contributed by atoms with Gasteiger partial charge in [-0.1, -0.05) is 20.8 Å². The minimum absolute atomic E-state index is 0. The van der Waals surface area contributed by atoms with E-state index in [9.17, 15) is 52.7 Å². The molecule has 0 saturated carbocycles. The Balaban J connectivity index is -0.0000000898. The number of alkyl halides is 12. The predicted molar refractivity (Wildman–Crippen MR) is 102 cm³/mol. The molecule has 0 aromatic carbocycles. The average Bonchev–Trinajstić information content (AvgIpc) is 2.58. The molecule has 0 aromatic rings. The molecule has 0 aliphatic rings. The van der Waals surface area contributed by atoms with Crippen molar-refractivity contribution in [2.75, 3.05) is 19.6 Å². The number of halogens is 12.